The van der Waals surface area contributed by atoms with Crippen LogP contribution in [0.4, 0.5) is 0 Å². The van der Waals surface area contributed by atoms with Gasteiger partial charge in [0, 0.05) is 26.9 Å². The van der Waals surface area contributed by atoms with Gasteiger partial charge in [0.1, 0.15) is 0 Å². The highest BCUT2D eigenvalue weighted by atomic mass is 127. The third-order valence-electron chi connectivity index (χ3n) is 3.00. The summed E-state index contributed by atoms with van der Waals surface area (Å²) in [6, 6.07) is 16.7. The molecule has 90 valence electrons. The Morgan fingerprint density at radius 3 is 2.56 bits per heavy atom. The lowest BCUT2D eigenvalue weighted by atomic mass is 10.2. The van der Waals surface area contributed by atoms with Gasteiger partial charge >= 0.3 is 0 Å². The fourth-order valence-electron chi connectivity index (χ4n) is 2.08. The molecular formula is C15H11ClIN. The molecule has 0 aliphatic rings. The van der Waals surface area contributed by atoms with E-state index in [0.29, 0.717) is 0 Å². The number of fused-ring (bicyclic) bond motifs is 1. The molecule has 3 aromatic rings. The fourth-order valence-corrected chi connectivity index (χ4v) is 2.61. The molecule has 1 aromatic heterocycles. The lowest BCUT2D eigenvalue weighted by Gasteiger charge is -2.06. The lowest BCUT2D eigenvalue weighted by molar-refractivity contribution is 0.837. The van der Waals surface area contributed by atoms with Crippen molar-refractivity contribution in [3.63, 3.8) is 0 Å². The van der Waals surface area contributed by atoms with Crippen LogP contribution in [-0.4, -0.2) is 4.57 Å². The van der Waals surface area contributed by atoms with E-state index in [1.54, 1.807) is 0 Å². The van der Waals surface area contributed by atoms with Gasteiger partial charge in [0.25, 0.3) is 0 Å². The molecule has 0 fully saturated rings. The lowest BCUT2D eigenvalue weighted by Crippen LogP contribution is -1.97. The Balaban J connectivity index is 1.99. The summed E-state index contributed by atoms with van der Waals surface area (Å²) in [6.45, 7) is 0.876. The zero-order valence-electron chi connectivity index (χ0n) is 9.61. The van der Waals surface area contributed by atoms with Gasteiger partial charge in [-0.05, 0) is 63.9 Å². The zero-order valence-corrected chi connectivity index (χ0v) is 12.5. The summed E-state index contributed by atoms with van der Waals surface area (Å²) >= 11 is 8.38. The molecule has 0 saturated heterocycles. The van der Waals surface area contributed by atoms with E-state index in [4.69, 9.17) is 11.6 Å². The Hall–Kier alpha value is -1.00. The van der Waals surface area contributed by atoms with Gasteiger partial charge in [-0.15, -0.1) is 0 Å². The molecular weight excluding hydrogens is 357 g/mol. The molecule has 18 heavy (non-hydrogen) atoms. The van der Waals surface area contributed by atoms with Gasteiger partial charge in [-0.25, -0.2) is 0 Å². The second kappa shape index (κ2) is 4.94. The summed E-state index contributed by atoms with van der Waals surface area (Å²) in [5, 5.41) is 2.01. The number of halogens is 2. The summed E-state index contributed by atoms with van der Waals surface area (Å²) in [5.41, 5.74) is 2.48. The van der Waals surface area contributed by atoms with Gasteiger partial charge in [-0.2, -0.15) is 0 Å². The fraction of sp³-hybridized carbons (Fsp3) is 0.0667. The van der Waals surface area contributed by atoms with Crippen molar-refractivity contribution in [1.29, 1.82) is 0 Å². The topological polar surface area (TPSA) is 4.93 Å². The van der Waals surface area contributed by atoms with Crippen LogP contribution in [0.15, 0.2) is 54.7 Å². The maximum Gasteiger partial charge on any atom is 0.0498 e. The highest BCUT2D eigenvalue weighted by Gasteiger charge is 2.02. The van der Waals surface area contributed by atoms with Crippen molar-refractivity contribution in [1.82, 2.24) is 4.57 Å². The van der Waals surface area contributed by atoms with E-state index < -0.39 is 0 Å². The molecule has 1 heterocycles. The standard InChI is InChI=1S/C15H11ClIN/c16-13-4-3-12-7-8-18(15(12)9-13)10-11-1-5-14(17)6-2-11/h1-9H,10H2. The van der Waals surface area contributed by atoms with E-state index in [-0.39, 0.29) is 0 Å². The number of hydrogen-bond donors (Lipinski definition) is 0. The van der Waals surface area contributed by atoms with Gasteiger partial charge in [-0.3, -0.25) is 0 Å². The Morgan fingerprint density at radius 2 is 1.78 bits per heavy atom. The Labute approximate surface area is 125 Å². The molecule has 1 nitrogen and oxygen atoms in total. The van der Waals surface area contributed by atoms with Gasteiger partial charge < -0.3 is 4.57 Å². The molecule has 0 unspecified atom stereocenters. The van der Waals surface area contributed by atoms with E-state index in [0.717, 1.165) is 11.6 Å². The van der Waals surface area contributed by atoms with Crippen LogP contribution in [0.5, 0.6) is 0 Å². The average Bonchev–Trinajstić information content (AvgIpc) is 2.75. The molecule has 0 aliphatic heterocycles. The highest BCUT2D eigenvalue weighted by molar-refractivity contribution is 14.1. The molecule has 0 amide bonds. The molecule has 2 aromatic carbocycles. The minimum atomic E-state index is 0.782. The number of aromatic nitrogens is 1. The van der Waals surface area contributed by atoms with E-state index in [2.05, 4.69) is 69.8 Å². The number of rotatable bonds is 2. The molecule has 3 heteroatoms. The first-order valence-corrected chi connectivity index (χ1v) is 7.17. The number of hydrogen-bond acceptors (Lipinski definition) is 0. The second-order valence-electron chi connectivity index (χ2n) is 4.27. The molecule has 3 rings (SSSR count). The molecule has 0 N–H and O–H groups in total. The second-order valence-corrected chi connectivity index (χ2v) is 5.96. The van der Waals surface area contributed by atoms with Crippen LogP contribution < -0.4 is 0 Å². The van der Waals surface area contributed by atoms with Crippen molar-refractivity contribution in [3.8, 4) is 0 Å². The summed E-state index contributed by atoms with van der Waals surface area (Å²) in [7, 11) is 0. The van der Waals surface area contributed by atoms with Crippen molar-refractivity contribution in [2.45, 2.75) is 6.54 Å². The largest absolute Gasteiger partial charge is 0.343 e. The molecule has 0 atom stereocenters. The van der Waals surface area contributed by atoms with Crippen LogP contribution in [-0.2, 0) is 6.54 Å². The van der Waals surface area contributed by atoms with Crippen LogP contribution in [0.2, 0.25) is 5.02 Å². The van der Waals surface area contributed by atoms with E-state index in [1.165, 1.54) is 20.0 Å². The normalized spacial score (nSPS) is 11.0. The monoisotopic (exact) mass is 367 g/mol. The highest BCUT2D eigenvalue weighted by Crippen LogP contribution is 2.21. The zero-order chi connectivity index (χ0) is 12.5. The van der Waals surface area contributed by atoms with Crippen LogP contribution in [0.3, 0.4) is 0 Å². The van der Waals surface area contributed by atoms with Gasteiger partial charge in [-0.1, -0.05) is 29.8 Å². The van der Waals surface area contributed by atoms with E-state index in [9.17, 15) is 0 Å². The van der Waals surface area contributed by atoms with Crippen molar-refractivity contribution in [2.24, 2.45) is 0 Å². The summed E-state index contributed by atoms with van der Waals surface area (Å²) < 4.78 is 3.49. The summed E-state index contributed by atoms with van der Waals surface area (Å²) in [6.07, 6.45) is 2.11. The maximum atomic E-state index is 6.06. The third kappa shape index (κ3) is 2.40. The quantitative estimate of drug-likeness (QED) is 0.565. The molecule has 0 spiro atoms. The van der Waals surface area contributed by atoms with Crippen molar-refractivity contribution in [2.75, 3.05) is 0 Å². The van der Waals surface area contributed by atoms with Crippen LogP contribution >= 0.6 is 34.2 Å². The van der Waals surface area contributed by atoms with Gasteiger partial charge in [0.15, 0.2) is 0 Å². The SMILES string of the molecule is Clc1ccc2ccn(Cc3ccc(I)cc3)c2c1. The summed E-state index contributed by atoms with van der Waals surface area (Å²) in [5.74, 6) is 0. The Morgan fingerprint density at radius 1 is 1.00 bits per heavy atom. The maximum absolute atomic E-state index is 6.06. The van der Waals surface area contributed by atoms with Gasteiger partial charge in [0.05, 0.1) is 0 Å². The van der Waals surface area contributed by atoms with Crippen LogP contribution in [0.1, 0.15) is 5.56 Å². The Bertz CT molecular complexity index is 685. The molecule has 0 radical (unpaired) electrons. The van der Waals surface area contributed by atoms with E-state index >= 15 is 0 Å². The van der Waals surface area contributed by atoms with Crippen molar-refractivity contribution >= 4 is 45.1 Å². The first-order chi connectivity index (χ1) is 8.72. The average molecular weight is 368 g/mol. The first kappa shape index (κ1) is 12.1. The first-order valence-electron chi connectivity index (χ1n) is 5.71. The van der Waals surface area contributed by atoms with Gasteiger partial charge in [0.2, 0.25) is 0 Å². The number of benzene rings is 2. The van der Waals surface area contributed by atoms with E-state index in [1.807, 2.05) is 12.1 Å². The molecule has 0 aliphatic carbocycles. The number of nitrogens with zero attached hydrogens (tertiary/aromatic N) is 1. The molecule has 0 bridgehead atoms. The van der Waals surface area contributed by atoms with Crippen LogP contribution in [0, 0.1) is 3.57 Å². The summed E-state index contributed by atoms with van der Waals surface area (Å²) in [4.78, 5) is 0. The van der Waals surface area contributed by atoms with Crippen molar-refractivity contribution < 1.29 is 0 Å². The van der Waals surface area contributed by atoms with Crippen LogP contribution in [0.25, 0.3) is 10.9 Å². The predicted molar refractivity (Wildman–Crippen MR) is 85.2 cm³/mol. The minimum absolute atomic E-state index is 0.782. The van der Waals surface area contributed by atoms with Crippen molar-refractivity contribution in [3.05, 3.63) is 68.9 Å². The smallest absolute Gasteiger partial charge is 0.0498 e. The predicted octanol–water partition coefficient (Wildman–Crippen LogP) is 4.95. The third-order valence-corrected chi connectivity index (χ3v) is 3.96. The Kier molecular flexibility index (Phi) is 3.31. The minimum Gasteiger partial charge on any atom is -0.343 e. The molecule has 0 saturated carbocycles.